The number of nitrogens with zero attached hydrogens (tertiary/aromatic N) is 1. The second kappa shape index (κ2) is 7.03. The lowest BCUT2D eigenvalue weighted by molar-refractivity contribution is -0.386. The molecule has 0 saturated carbocycles. The molecule has 0 unspecified atom stereocenters. The number of carbonyl (C=O) groups is 1. The number of hydrogen-bond acceptors (Lipinski definition) is 5. The predicted octanol–water partition coefficient (Wildman–Crippen LogP) is 2.19. The summed E-state index contributed by atoms with van der Waals surface area (Å²) in [5, 5.41) is 23.2. The summed E-state index contributed by atoms with van der Waals surface area (Å²) >= 11 is 0. The SMILES string of the molecule is CCNCc1ccc([N+](=O)[O-])c(OCC(C)(C)C(=O)O)c1. The number of benzene rings is 1. The van der Waals surface area contributed by atoms with Crippen molar-refractivity contribution in [3.63, 3.8) is 0 Å². The highest BCUT2D eigenvalue weighted by molar-refractivity contribution is 5.73. The summed E-state index contributed by atoms with van der Waals surface area (Å²) in [5.74, 6) is -0.932. The maximum absolute atomic E-state index is 11.0. The molecule has 1 aromatic rings. The van der Waals surface area contributed by atoms with Gasteiger partial charge in [0.2, 0.25) is 0 Å². The van der Waals surface area contributed by atoms with E-state index in [4.69, 9.17) is 9.84 Å². The van der Waals surface area contributed by atoms with E-state index in [1.165, 1.54) is 19.9 Å². The van der Waals surface area contributed by atoms with Crippen LogP contribution >= 0.6 is 0 Å². The Morgan fingerprint density at radius 1 is 1.48 bits per heavy atom. The summed E-state index contributed by atoms with van der Waals surface area (Å²) in [6, 6.07) is 4.59. The van der Waals surface area contributed by atoms with Crippen molar-refractivity contribution in [3.8, 4) is 5.75 Å². The number of nitrogens with one attached hydrogen (secondary N) is 1. The van der Waals surface area contributed by atoms with E-state index >= 15 is 0 Å². The predicted molar refractivity (Wildman–Crippen MR) is 77.4 cm³/mol. The molecule has 0 fully saturated rings. The average molecular weight is 296 g/mol. The highest BCUT2D eigenvalue weighted by Crippen LogP contribution is 2.29. The summed E-state index contributed by atoms with van der Waals surface area (Å²) in [4.78, 5) is 21.5. The topological polar surface area (TPSA) is 102 Å². The number of nitro groups is 1. The number of ether oxygens (including phenoxy) is 1. The molecule has 0 aliphatic heterocycles. The zero-order valence-electron chi connectivity index (χ0n) is 12.4. The Kier molecular flexibility index (Phi) is 5.66. The molecule has 0 saturated heterocycles. The van der Waals surface area contributed by atoms with Crippen molar-refractivity contribution < 1.29 is 19.6 Å². The van der Waals surface area contributed by atoms with Gasteiger partial charge in [-0.15, -0.1) is 0 Å². The number of aliphatic carboxylic acids is 1. The molecule has 0 bridgehead atoms. The van der Waals surface area contributed by atoms with Gasteiger partial charge in [0.25, 0.3) is 0 Å². The number of rotatable bonds is 8. The molecule has 1 rings (SSSR count). The molecule has 1 aromatic carbocycles. The van der Waals surface area contributed by atoms with Crippen LogP contribution in [0.1, 0.15) is 26.3 Å². The molecule has 2 N–H and O–H groups in total. The van der Waals surface area contributed by atoms with Gasteiger partial charge in [-0.2, -0.15) is 0 Å². The lowest BCUT2D eigenvalue weighted by atomic mass is 9.95. The Bertz CT molecular complexity index is 528. The number of carboxylic acid groups (broad SMARTS) is 1. The third kappa shape index (κ3) is 4.71. The molecule has 7 heteroatoms. The Morgan fingerprint density at radius 3 is 2.67 bits per heavy atom. The summed E-state index contributed by atoms with van der Waals surface area (Å²) in [6.45, 7) is 6.16. The van der Waals surface area contributed by atoms with E-state index < -0.39 is 16.3 Å². The maximum atomic E-state index is 11.0. The molecule has 0 atom stereocenters. The van der Waals surface area contributed by atoms with Crippen LogP contribution in [-0.2, 0) is 11.3 Å². The summed E-state index contributed by atoms with van der Waals surface area (Å²) in [7, 11) is 0. The third-order valence-electron chi connectivity index (χ3n) is 2.97. The minimum Gasteiger partial charge on any atom is -0.486 e. The van der Waals surface area contributed by atoms with E-state index in [9.17, 15) is 14.9 Å². The normalized spacial score (nSPS) is 11.2. The Morgan fingerprint density at radius 2 is 2.14 bits per heavy atom. The Hall–Kier alpha value is -2.15. The summed E-state index contributed by atoms with van der Waals surface area (Å²) in [6.07, 6.45) is 0. The van der Waals surface area contributed by atoms with Gasteiger partial charge in [-0.3, -0.25) is 14.9 Å². The van der Waals surface area contributed by atoms with Crippen LogP contribution in [0.15, 0.2) is 18.2 Å². The van der Waals surface area contributed by atoms with Crippen LogP contribution in [0.5, 0.6) is 5.75 Å². The molecular formula is C14H20N2O5. The van der Waals surface area contributed by atoms with E-state index in [1.807, 2.05) is 6.92 Å². The van der Waals surface area contributed by atoms with Gasteiger partial charge in [0, 0.05) is 12.6 Å². The van der Waals surface area contributed by atoms with Crippen LogP contribution in [0.2, 0.25) is 0 Å². The molecule has 0 aliphatic carbocycles. The highest BCUT2D eigenvalue weighted by atomic mass is 16.6. The smallest absolute Gasteiger partial charge is 0.312 e. The number of nitro benzene ring substituents is 1. The molecule has 7 nitrogen and oxygen atoms in total. The van der Waals surface area contributed by atoms with Crippen molar-refractivity contribution in [1.82, 2.24) is 5.32 Å². The molecule has 0 amide bonds. The summed E-state index contributed by atoms with van der Waals surface area (Å²) < 4.78 is 5.39. The van der Waals surface area contributed by atoms with E-state index in [1.54, 1.807) is 12.1 Å². The van der Waals surface area contributed by atoms with Crippen LogP contribution in [-0.4, -0.2) is 29.2 Å². The second-order valence-electron chi connectivity index (χ2n) is 5.32. The molecule has 0 aliphatic rings. The second-order valence-corrected chi connectivity index (χ2v) is 5.32. The van der Waals surface area contributed by atoms with E-state index in [0.717, 1.165) is 12.1 Å². The molecule has 0 spiro atoms. The van der Waals surface area contributed by atoms with Gasteiger partial charge in [0.1, 0.15) is 6.61 Å². The average Bonchev–Trinajstić information content (AvgIpc) is 2.42. The molecule has 21 heavy (non-hydrogen) atoms. The first-order chi connectivity index (χ1) is 9.77. The van der Waals surface area contributed by atoms with Crippen molar-refractivity contribution >= 4 is 11.7 Å². The maximum Gasteiger partial charge on any atom is 0.312 e. The third-order valence-corrected chi connectivity index (χ3v) is 2.97. The molecule has 116 valence electrons. The molecule has 0 aromatic heterocycles. The van der Waals surface area contributed by atoms with Gasteiger partial charge in [-0.05, 0) is 32.0 Å². The first-order valence-corrected chi connectivity index (χ1v) is 6.62. The fourth-order valence-electron chi connectivity index (χ4n) is 1.52. The van der Waals surface area contributed by atoms with Crippen molar-refractivity contribution in [2.45, 2.75) is 27.3 Å². The van der Waals surface area contributed by atoms with Crippen molar-refractivity contribution in [2.24, 2.45) is 5.41 Å². The van der Waals surface area contributed by atoms with Gasteiger partial charge in [0.05, 0.1) is 10.3 Å². The first-order valence-electron chi connectivity index (χ1n) is 6.62. The molecule has 0 heterocycles. The van der Waals surface area contributed by atoms with Crippen LogP contribution in [0.3, 0.4) is 0 Å². The van der Waals surface area contributed by atoms with Crippen LogP contribution in [0, 0.1) is 15.5 Å². The standard InChI is InChI=1S/C14H20N2O5/c1-4-15-8-10-5-6-11(16(19)20)12(7-10)21-9-14(2,3)13(17)18/h5-7,15H,4,8-9H2,1-3H3,(H,17,18). The van der Waals surface area contributed by atoms with Crippen molar-refractivity contribution in [3.05, 3.63) is 33.9 Å². The van der Waals surface area contributed by atoms with Gasteiger partial charge in [-0.1, -0.05) is 13.0 Å². The quantitative estimate of drug-likeness (QED) is 0.563. The first kappa shape index (κ1) is 16.9. The molecular weight excluding hydrogens is 276 g/mol. The highest BCUT2D eigenvalue weighted by Gasteiger charge is 2.29. The van der Waals surface area contributed by atoms with E-state index in [0.29, 0.717) is 6.54 Å². The monoisotopic (exact) mass is 296 g/mol. The van der Waals surface area contributed by atoms with Crippen LogP contribution < -0.4 is 10.1 Å². The largest absolute Gasteiger partial charge is 0.486 e. The van der Waals surface area contributed by atoms with Crippen molar-refractivity contribution in [2.75, 3.05) is 13.2 Å². The Labute approximate surface area is 123 Å². The van der Waals surface area contributed by atoms with Crippen LogP contribution in [0.4, 0.5) is 5.69 Å². The fraction of sp³-hybridized carbons (Fsp3) is 0.500. The van der Waals surface area contributed by atoms with Crippen LogP contribution in [0.25, 0.3) is 0 Å². The fourth-order valence-corrected chi connectivity index (χ4v) is 1.52. The van der Waals surface area contributed by atoms with Gasteiger partial charge < -0.3 is 15.2 Å². The minimum absolute atomic E-state index is 0.0877. The van der Waals surface area contributed by atoms with E-state index in [2.05, 4.69) is 5.32 Å². The lowest BCUT2D eigenvalue weighted by Gasteiger charge is -2.19. The van der Waals surface area contributed by atoms with Crippen molar-refractivity contribution in [1.29, 1.82) is 0 Å². The minimum atomic E-state index is -1.12. The molecule has 0 radical (unpaired) electrons. The summed E-state index contributed by atoms with van der Waals surface area (Å²) in [5.41, 5.74) is -0.451. The zero-order valence-corrected chi connectivity index (χ0v) is 12.4. The van der Waals surface area contributed by atoms with Gasteiger partial charge in [-0.25, -0.2) is 0 Å². The number of hydrogen-bond donors (Lipinski definition) is 2. The van der Waals surface area contributed by atoms with Gasteiger partial charge >= 0.3 is 11.7 Å². The zero-order chi connectivity index (χ0) is 16.0. The van der Waals surface area contributed by atoms with E-state index in [-0.39, 0.29) is 18.0 Å². The lowest BCUT2D eigenvalue weighted by Crippen LogP contribution is -2.30. The number of carboxylic acids is 1. The van der Waals surface area contributed by atoms with Gasteiger partial charge in [0.15, 0.2) is 5.75 Å². The Balaban J connectivity index is 2.95.